The van der Waals surface area contributed by atoms with Gasteiger partial charge in [0.2, 0.25) is 0 Å². The summed E-state index contributed by atoms with van der Waals surface area (Å²) in [5, 5.41) is 0. The summed E-state index contributed by atoms with van der Waals surface area (Å²) in [4.78, 5) is 35.4. The number of carbonyl (C=O) groups is 2. The van der Waals surface area contributed by atoms with Gasteiger partial charge in [0.15, 0.2) is 6.10 Å². The Labute approximate surface area is 536 Å². The summed E-state index contributed by atoms with van der Waals surface area (Å²) in [6.45, 7) is 3.54. The molecular weight excluding hydrogens is 1100 g/mol. The molecule has 0 bridgehead atoms. The van der Waals surface area contributed by atoms with E-state index in [4.69, 9.17) is 24.3 Å². The number of hydrogen-bond donors (Lipinski definition) is 2. The van der Waals surface area contributed by atoms with Gasteiger partial charge in [-0.1, -0.05) is 328 Å². The molecule has 0 spiro atoms. The molecule has 0 aliphatic rings. The minimum Gasteiger partial charge on any atom is -0.462 e. The summed E-state index contributed by atoms with van der Waals surface area (Å²) in [5.41, 5.74) is 5.40. The van der Waals surface area contributed by atoms with E-state index in [1.807, 2.05) is 0 Å². The molecule has 3 N–H and O–H groups in total. The number of phosphoric ester groups is 1. The predicted octanol–water partition coefficient (Wildman–Crippen LogP) is 23.9. The summed E-state index contributed by atoms with van der Waals surface area (Å²) in [6, 6.07) is 0. The highest BCUT2D eigenvalue weighted by Crippen LogP contribution is 2.43. The molecule has 500 valence electrons. The first-order valence-electron chi connectivity index (χ1n) is 36.0. The van der Waals surface area contributed by atoms with E-state index in [1.165, 1.54) is 186 Å². The Balaban J connectivity index is 3.83. The van der Waals surface area contributed by atoms with Crippen LogP contribution in [0.1, 0.15) is 322 Å². The van der Waals surface area contributed by atoms with Crippen LogP contribution in [0.5, 0.6) is 0 Å². The van der Waals surface area contributed by atoms with Crippen LogP contribution in [0.4, 0.5) is 0 Å². The lowest BCUT2D eigenvalue weighted by Crippen LogP contribution is -2.29. The lowest BCUT2D eigenvalue weighted by Gasteiger charge is -2.19. The maximum absolute atomic E-state index is 12.8. The normalized spacial score (nSPS) is 13.7. The van der Waals surface area contributed by atoms with E-state index in [2.05, 4.69) is 135 Å². The van der Waals surface area contributed by atoms with Crippen molar-refractivity contribution in [3.05, 3.63) is 122 Å². The van der Waals surface area contributed by atoms with Gasteiger partial charge in [0.05, 0.1) is 13.2 Å². The van der Waals surface area contributed by atoms with E-state index in [0.717, 1.165) is 103 Å². The van der Waals surface area contributed by atoms with E-state index in [9.17, 15) is 19.0 Å². The minimum atomic E-state index is -4.40. The van der Waals surface area contributed by atoms with Gasteiger partial charge in [0.1, 0.15) is 6.61 Å². The van der Waals surface area contributed by atoms with Crippen molar-refractivity contribution in [1.82, 2.24) is 0 Å². The SMILES string of the molecule is CC/C=C\C/C=C\C/C=C\C/C=C\C/C=C\CCCCCCCCCCCCCCCCCCCCCCCCCC(=O)OC(COC(=O)CCCCCCCCCCCCC/C=C\C/C=C\C/C=C\C/C=C\C/C=C\CC)COP(=O)(O)OCCN. The molecule has 0 amide bonds. The summed E-state index contributed by atoms with van der Waals surface area (Å²) in [6.07, 6.45) is 100. The number of esters is 2. The monoisotopic (exact) mass is 1230 g/mol. The van der Waals surface area contributed by atoms with Gasteiger partial charge < -0.3 is 20.1 Å². The molecule has 9 nitrogen and oxygen atoms in total. The third-order valence-electron chi connectivity index (χ3n) is 15.3. The minimum absolute atomic E-state index is 0.0502. The highest BCUT2D eigenvalue weighted by atomic mass is 31.2. The zero-order valence-electron chi connectivity index (χ0n) is 56.2. The number of nitrogens with two attached hydrogens (primary N) is 1. The molecule has 2 unspecified atom stereocenters. The molecule has 0 radical (unpaired) electrons. The summed E-state index contributed by atoms with van der Waals surface area (Å²) in [7, 11) is -4.40. The number of unbranched alkanes of at least 4 members (excludes halogenated alkanes) is 34. The Kier molecular flexibility index (Phi) is 68.5. The largest absolute Gasteiger partial charge is 0.472 e. The Hall–Kier alpha value is -3.59. The average Bonchev–Trinajstić information content (AvgIpc) is 3.64. The van der Waals surface area contributed by atoms with Crippen molar-refractivity contribution in [2.45, 2.75) is 328 Å². The van der Waals surface area contributed by atoms with E-state index in [1.54, 1.807) is 0 Å². The first-order valence-corrected chi connectivity index (χ1v) is 37.5. The molecule has 0 aromatic heterocycles. The van der Waals surface area contributed by atoms with Crippen LogP contribution in [0, 0.1) is 0 Å². The first kappa shape index (κ1) is 83.4. The second kappa shape index (κ2) is 71.5. The van der Waals surface area contributed by atoms with Crippen LogP contribution in [0.15, 0.2) is 122 Å². The van der Waals surface area contributed by atoms with E-state index < -0.39 is 26.5 Å². The van der Waals surface area contributed by atoms with E-state index >= 15 is 0 Å². The van der Waals surface area contributed by atoms with Crippen molar-refractivity contribution in [3.63, 3.8) is 0 Å². The highest BCUT2D eigenvalue weighted by Gasteiger charge is 2.26. The third-order valence-corrected chi connectivity index (χ3v) is 16.3. The van der Waals surface area contributed by atoms with Crippen LogP contribution in [-0.2, 0) is 32.7 Å². The second-order valence-corrected chi connectivity index (χ2v) is 25.1. The Morgan fingerprint density at radius 3 is 0.885 bits per heavy atom. The molecule has 0 aliphatic carbocycles. The molecule has 0 rings (SSSR count). The summed E-state index contributed by atoms with van der Waals surface area (Å²) in [5.74, 6) is -0.823. The number of rotatable bonds is 67. The maximum atomic E-state index is 12.8. The number of ether oxygens (including phenoxy) is 2. The first-order chi connectivity index (χ1) is 42.8. The van der Waals surface area contributed by atoms with Gasteiger partial charge in [-0.2, -0.15) is 0 Å². The third kappa shape index (κ3) is 71.4. The molecular formula is C77H134NO8P. The van der Waals surface area contributed by atoms with Crippen molar-refractivity contribution < 1.29 is 37.6 Å². The zero-order chi connectivity index (χ0) is 63.0. The number of phosphoric acid groups is 1. The number of allylic oxidation sites excluding steroid dienone is 20. The quantitative estimate of drug-likeness (QED) is 0.0264. The molecule has 0 saturated carbocycles. The molecule has 0 fully saturated rings. The van der Waals surface area contributed by atoms with Crippen molar-refractivity contribution in [1.29, 1.82) is 0 Å². The van der Waals surface area contributed by atoms with Crippen molar-refractivity contribution >= 4 is 19.8 Å². The van der Waals surface area contributed by atoms with Gasteiger partial charge in [-0.3, -0.25) is 18.6 Å². The van der Waals surface area contributed by atoms with Crippen LogP contribution < -0.4 is 5.73 Å². The van der Waals surface area contributed by atoms with Gasteiger partial charge in [0, 0.05) is 19.4 Å². The molecule has 0 saturated heterocycles. The van der Waals surface area contributed by atoms with Crippen LogP contribution in [0.2, 0.25) is 0 Å². The molecule has 0 aromatic rings. The number of carbonyl (C=O) groups excluding carboxylic acids is 2. The fraction of sp³-hybridized carbons (Fsp3) is 0.714. The van der Waals surface area contributed by atoms with Crippen LogP contribution in [-0.4, -0.2) is 49.3 Å². The summed E-state index contributed by atoms with van der Waals surface area (Å²) >= 11 is 0. The van der Waals surface area contributed by atoms with Crippen LogP contribution in [0.3, 0.4) is 0 Å². The molecule has 2 atom stereocenters. The Bertz CT molecular complexity index is 1840. The smallest absolute Gasteiger partial charge is 0.462 e. The Morgan fingerprint density at radius 1 is 0.345 bits per heavy atom. The van der Waals surface area contributed by atoms with Crippen molar-refractivity contribution in [2.75, 3.05) is 26.4 Å². The van der Waals surface area contributed by atoms with Crippen molar-refractivity contribution in [3.8, 4) is 0 Å². The van der Waals surface area contributed by atoms with Gasteiger partial charge in [-0.25, -0.2) is 4.57 Å². The average molecular weight is 1230 g/mol. The molecule has 0 aromatic carbocycles. The standard InChI is InChI=1S/C77H134NO8P/c1-3-5-7-9-11-13-15-17-19-21-23-25-27-29-31-32-33-34-35-36-37-38-39-40-41-42-44-46-48-50-52-54-56-58-60-62-64-66-68-70-77(80)86-75(74-85-87(81,82)84-72-71-78)73-83-76(79)69-67-65-63-61-59-57-55-53-51-49-47-45-43-30-28-26-24-22-20-18-16-14-12-10-8-6-4-2/h5-8,11-14,17-20,23-26,29-31,43,75H,3-4,9-10,15-16,21-22,27-28,32-42,44-74,78H2,1-2H3,(H,81,82)/b7-5-,8-6-,13-11-,14-12-,19-17-,20-18-,25-23-,26-24-,31-29-,43-30-. The van der Waals surface area contributed by atoms with Gasteiger partial charge in [-0.15, -0.1) is 0 Å². The Morgan fingerprint density at radius 2 is 0.598 bits per heavy atom. The van der Waals surface area contributed by atoms with Crippen LogP contribution >= 0.6 is 7.82 Å². The molecule has 87 heavy (non-hydrogen) atoms. The van der Waals surface area contributed by atoms with Crippen LogP contribution in [0.25, 0.3) is 0 Å². The van der Waals surface area contributed by atoms with Crippen molar-refractivity contribution in [2.24, 2.45) is 5.73 Å². The zero-order valence-corrected chi connectivity index (χ0v) is 57.1. The fourth-order valence-electron chi connectivity index (χ4n) is 10.1. The van der Waals surface area contributed by atoms with E-state index in [-0.39, 0.29) is 38.6 Å². The molecule has 0 heterocycles. The van der Waals surface area contributed by atoms with E-state index in [0.29, 0.717) is 6.42 Å². The number of hydrogen-bond acceptors (Lipinski definition) is 8. The second-order valence-electron chi connectivity index (χ2n) is 23.7. The lowest BCUT2D eigenvalue weighted by atomic mass is 10.0. The van der Waals surface area contributed by atoms with Gasteiger partial charge in [-0.05, 0) is 103 Å². The van der Waals surface area contributed by atoms with Gasteiger partial charge >= 0.3 is 19.8 Å². The fourth-order valence-corrected chi connectivity index (χ4v) is 10.9. The molecule has 0 aliphatic heterocycles. The maximum Gasteiger partial charge on any atom is 0.472 e. The predicted molar refractivity (Wildman–Crippen MR) is 376 cm³/mol. The highest BCUT2D eigenvalue weighted by molar-refractivity contribution is 7.47. The lowest BCUT2D eigenvalue weighted by molar-refractivity contribution is -0.161. The molecule has 10 heteroatoms. The summed E-state index contributed by atoms with van der Waals surface area (Å²) < 4.78 is 33.2. The van der Waals surface area contributed by atoms with Gasteiger partial charge in [0.25, 0.3) is 0 Å². The topological polar surface area (TPSA) is 134 Å².